The van der Waals surface area contributed by atoms with Gasteiger partial charge in [0.15, 0.2) is 0 Å². The topological polar surface area (TPSA) is 93.9 Å². The first kappa shape index (κ1) is 21.4. The Kier molecular flexibility index (Phi) is 5.77. The number of anilines is 2. The number of hydrogen-bond acceptors (Lipinski definition) is 4. The lowest BCUT2D eigenvalue weighted by Crippen LogP contribution is -2.22. The van der Waals surface area contributed by atoms with Crippen LogP contribution in [0.4, 0.5) is 11.4 Å². The molecule has 0 spiro atoms. The zero-order valence-corrected chi connectivity index (χ0v) is 17.7. The smallest absolute Gasteiger partial charge is 0.345 e. The highest BCUT2D eigenvalue weighted by molar-refractivity contribution is 7.51. The van der Waals surface area contributed by atoms with Gasteiger partial charge in [0.1, 0.15) is 12.0 Å². The molecular formula is C20H29N2O4P. The maximum absolute atomic E-state index is 11.8. The minimum absolute atomic E-state index is 0.226. The SMILES string of the molecule is CC(C)(C)c1cc(N(CP(=O)(O)O)c2ccncc2)cc(C(C)(C)C)c1O. The molecule has 0 atom stereocenters. The molecular weight excluding hydrogens is 363 g/mol. The van der Waals surface area contributed by atoms with Crippen molar-refractivity contribution < 1.29 is 19.5 Å². The van der Waals surface area contributed by atoms with Gasteiger partial charge in [-0.05, 0) is 35.1 Å². The molecule has 2 aromatic rings. The van der Waals surface area contributed by atoms with Crippen LogP contribution in [0.15, 0.2) is 36.7 Å². The summed E-state index contributed by atoms with van der Waals surface area (Å²) in [5.41, 5.74) is 2.03. The quantitative estimate of drug-likeness (QED) is 0.656. The van der Waals surface area contributed by atoms with Crippen molar-refractivity contribution in [3.8, 4) is 5.75 Å². The number of hydrogen-bond donors (Lipinski definition) is 3. The molecule has 2 rings (SSSR count). The highest BCUT2D eigenvalue weighted by Crippen LogP contribution is 2.45. The Balaban J connectivity index is 2.77. The summed E-state index contributed by atoms with van der Waals surface area (Å²) in [5.74, 6) is 0.226. The molecule has 1 aromatic carbocycles. The summed E-state index contributed by atoms with van der Waals surface area (Å²) in [7, 11) is -4.33. The lowest BCUT2D eigenvalue weighted by atomic mass is 9.79. The standard InChI is InChI=1S/C20H29N2O4P/c1-19(2,3)16-11-15(12-17(18(16)23)20(4,5)6)22(13-27(24,25)26)14-7-9-21-10-8-14/h7-12,23H,13H2,1-6H3,(H2,24,25,26). The predicted octanol–water partition coefficient (Wildman–Crippen LogP) is 4.66. The van der Waals surface area contributed by atoms with Crippen LogP contribution in [0.1, 0.15) is 52.7 Å². The van der Waals surface area contributed by atoms with Gasteiger partial charge in [0, 0.05) is 34.9 Å². The first-order valence-corrected chi connectivity index (χ1v) is 10.6. The molecule has 7 heteroatoms. The fraction of sp³-hybridized carbons (Fsp3) is 0.450. The van der Waals surface area contributed by atoms with Gasteiger partial charge in [0.2, 0.25) is 0 Å². The summed E-state index contributed by atoms with van der Waals surface area (Å²) < 4.78 is 11.8. The van der Waals surface area contributed by atoms with Crippen LogP contribution in [0.3, 0.4) is 0 Å². The molecule has 0 aliphatic rings. The maximum Gasteiger partial charge on any atom is 0.345 e. The summed E-state index contributed by atoms with van der Waals surface area (Å²) in [6.45, 7) is 12.0. The predicted molar refractivity (Wildman–Crippen MR) is 109 cm³/mol. The van der Waals surface area contributed by atoms with Crippen molar-refractivity contribution in [2.45, 2.75) is 52.4 Å². The number of nitrogens with zero attached hydrogens (tertiary/aromatic N) is 2. The number of aromatic nitrogens is 1. The largest absolute Gasteiger partial charge is 0.507 e. The Morgan fingerprint density at radius 1 is 0.926 bits per heavy atom. The van der Waals surface area contributed by atoms with Crippen LogP contribution in [0, 0.1) is 0 Å². The van der Waals surface area contributed by atoms with Gasteiger partial charge in [-0.25, -0.2) is 0 Å². The van der Waals surface area contributed by atoms with Crippen molar-refractivity contribution in [3.05, 3.63) is 47.8 Å². The molecule has 0 saturated heterocycles. The molecule has 0 aliphatic carbocycles. The van der Waals surface area contributed by atoms with Crippen LogP contribution in [0.25, 0.3) is 0 Å². The highest BCUT2D eigenvalue weighted by Gasteiger charge is 2.29. The van der Waals surface area contributed by atoms with Gasteiger partial charge in [-0.3, -0.25) is 9.55 Å². The van der Waals surface area contributed by atoms with Crippen LogP contribution < -0.4 is 4.90 Å². The Labute approximate surface area is 161 Å². The maximum atomic E-state index is 11.8. The van der Waals surface area contributed by atoms with E-state index in [4.69, 9.17) is 0 Å². The Morgan fingerprint density at radius 3 is 1.74 bits per heavy atom. The van der Waals surface area contributed by atoms with Gasteiger partial charge in [-0.1, -0.05) is 41.5 Å². The van der Waals surface area contributed by atoms with E-state index in [0.717, 1.165) is 11.1 Å². The molecule has 0 unspecified atom stereocenters. The summed E-state index contributed by atoms with van der Waals surface area (Å²) in [6.07, 6.45) is 2.70. The fourth-order valence-corrected chi connectivity index (χ4v) is 3.63. The molecule has 0 amide bonds. The highest BCUT2D eigenvalue weighted by atomic mass is 31.2. The molecule has 0 bridgehead atoms. The molecule has 27 heavy (non-hydrogen) atoms. The lowest BCUT2D eigenvalue weighted by Gasteiger charge is -2.32. The lowest BCUT2D eigenvalue weighted by molar-refractivity contribution is 0.373. The zero-order valence-electron chi connectivity index (χ0n) is 16.8. The van der Waals surface area contributed by atoms with E-state index in [1.165, 1.54) is 0 Å². The van der Waals surface area contributed by atoms with Crippen molar-refractivity contribution in [2.75, 3.05) is 11.2 Å². The average Bonchev–Trinajstić information content (AvgIpc) is 2.51. The van der Waals surface area contributed by atoms with Crippen molar-refractivity contribution in [3.63, 3.8) is 0 Å². The zero-order chi connectivity index (χ0) is 20.6. The summed E-state index contributed by atoms with van der Waals surface area (Å²) >= 11 is 0. The monoisotopic (exact) mass is 392 g/mol. The number of pyridine rings is 1. The van der Waals surface area contributed by atoms with E-state index in [2.05, 4.69) is 4.98 Å². The van der Waals surface area contributed by atoms with Crippen LogP contribution in [-0.4, -0.2) is 26.2 Å². The number of rotatable bonds is 4. The normalized spacial score (nSPS) is 12.9. The van der Waals surface area contributed by atoms with E-state index in [-0.39, 0.29) is 16.6 Å². The Hall–Kier alpha value is -1.88. The van der Waals surface area contributed by atoms with E-state index in [0.29, 0.717) is 11.4 Å². The minimum Gasteiger partial charge on any atom is -0.507 e. The fourth-order valence-electron chi connectivity index (χ4n) is 2.94. The average molecular weight is 392 g/mol. The van der Waals surface area contributed by atoms with Crippen molar-refractivity contribution >= 4 is 19.0 Å². The third kappa shape index (κ3) is 5.32. The van der Waals surface area contributed by atoms with Crippen LogP contribution in [0.5, 0.6) is 5.75 Å². The van der Waals surface area contributed by atoms with E-state index < -0.39 is 13.9 Å². The van der Waals surface area contributed by atoms with E-state index in [9.17, 15) is 19.5 Å². The molecule has 0 fully saturated rings. The second kappa shape index (κ2) is 7.27. The van der Waals surface area contributed by atoms with Gasteiger partial charge in [0.05, 0.1) is 0 Å². The second-order valence-corrected chi connectivity index (χ2v) is 10.4. The van der Waals surface area contributed by atoms with Crippen LogP contribution in [-0.2, 0) is 15.4 Å². The van der Waals surface area contributed by atoms with E-state index in [1.54, 1.807) is 41.6 Å². The third-order valence-electron chi connectivity index (χ3n) is 4.32. The summed E-state index contributed by atoms with van der Waals surface area (Å²) in [5, 5.41) is 10.9. The van der Waals surface area contributed by atoms with Gasteiger partial charge in [-0.15, -0.1) is 0 Å². The molecule has 1 aromatic heterocycles. The number of aromatic hydroxyl groups is 1. The van der Waals surface area contributed by atoms with Gasteiger partial charge >= 0.3 is 7.60 Å². The van der Waals surface area contributed by atoms with Crippen LogP contribution in [0.2, 0.25) is 0 Å². The second-order valence-electron chi connectivity index (χ2n) is 8.83. The molecule has 0 radical (unpaired) electrons. The number of phenolic OH excluding ortho intramolecular Hbond substituents is 1. The van der Waals surface area contributed by atoms with E-state index in [1.807, 2.05) is 41.5 Å². The van der Waals surface area contributed by atoms with Crippen molar-refractivity contribution in [2.24, 2.45) is 0 Å². The molecule has 3 N–H and O–H groups in total. The Morgan fingerprint density at radius 2 is 1.37 bits per heavy atom. The van der Waals surface area contributed by atoms with Crippen LogP contribution >= 0.6 is 7.60 Å². The summed E-state index contributed by atoms with van der Waals surface area (Å²) in [4.78, 5) is 24.8. The molecule has 0 aliphatic heterocycles. The Bertz CT molecular complexity index is 814. The van der Waals surface area contributed by atoms with Gasteiger partial charge in [0.25, 0.3) is 0 Å². The number of benzene rings is 1. The first-order valence-electron chi connectivity index (χ1n) is 8.80. The first-order chi connectivity index (χ1) is 12.2. The number of phenols is 1. The van der Waals surface area contributed by atoms with Crippen molar-refractivity contribution in [1.29, 1.82) is 0 Å². The van der Waals surface area contributed by atoms with Gasteiger partial charge < -0.3 is 19.8 Å². The van der Waals surface area contributed by atoms with E-state index >= 15 is 0 Å². The minimum atomic E-state index is -4.33. The molecule has 6 nitrogen and oxygen atoms in total. The summed E-state index contributed by atoms with van der Waals surface area (Å²) in [6, 6.07) is 7.02. The molecule has 0 saturated carbocycles. The third-order valence-corrected chi connectivity index (χ3v) is 4.97. The van der Waals surface area contributed by atoms with Gasteiger partial charge in [-0.2, -0.15) is 0 Å². The molecule has 148 valence electrons. The molecule has 1 heterocycles. The van der Waals surface area contributed by atoms with Crippen molar-refractivity contribution in [1.82, 2.24) is 4.98 Å².